The number of hydrogen-bond acceptors (Lipinski definition) is 5. The Morgan fingerprint density at radius 1 is 1.16 bits per heavy atom. The summed E-state index contributed by atoms with van der Waals surface area (Å²) in [6.07, 6.45) is 0. The largest absolute Gasteiger partial charge is 0.465 e. The number of benzene rings is 1. The van der Waals surface area contributed by atoms with Gasteiger partial charge in [0.1, 0.15) is 0 Å². The molecule has 1 rings (SSSR count). The summed E-state index contributed by atoms with van der Waals surface area (Å²) < 4.78 is 9.28. The van der Waals surface area contributed by atoms with E-state index in [1.165, 1.54) is 13.2 Å². The molecule has 1 aromatic carbocycles. The van der Waals surface area contributed by atoms with Gasteiger partial charge < -0.3 is 9.47 Å². The lowest BCUT2D eigenvalue weighted by atomic mass is 9.97. The van der Waals surface area contributed by atoms with E-state index < -0.39 is 17.7 Å². The first-order valence-electron chi connectivity index (χ1n) is 5.83. The van der Waals surface area contributed by atoms with Crippen LogP contribution in [-0.2, 0) is 14.3 Å². The molecule has 0 aromatic heterocycles. The third-order valence-electron chi connectivity index (χ3n) is 2.79. The van der Waals surface area contributed by atoms with Crippen molar-refractivity contribution >= 4 is 17.7 Å². The molecule has 0 fully saturated rings. The molecule has 0 saturated carbocycles. The quantitative estimate of drug-likeness (QED) is 0.471. The van der Waals surface area contributed by atoms with E-state index in [0.29, 0.717) is 5.56 Å². The van der Waals surface area contributed by atoms with Crippen LogP contribution < -0.4 is 0 Å². The van der Waals surface area contributed by atoms with Crippen molar-refractivity contribution in [2.24, 2.45) is 0 Å². The molecule has 1 aromatic rings. The van der Waals surface area contributed by atoms with Crippen molar-refractivity contribution in [3.8, 4) is 0 Å². The van der Waals surface area contributed by atoms with Gasteiger partial charge in [-0.05, 0) is 44.0 Å². The monoisotopic (exact) mass is 264 g/mol. The molecule has 0 unspecified atom stereocenters. The molecule has 102 valence electrons. The molecule has 5 heteroatoms. The summed E-state index contributed by atoms with van der Waals surface area (Å²) in [7, 11) is 1.25. The molecular formula is C14H16O5. The minimum absolute atomic E-state index is 0.124. The van der Waals surface area contributed by atoms with Crippen molar-refractivity contribution in [1.82, 2.24) is 0 Å². The third-order valence-corrected chi connectivity index (χ3v) is 2.79. The fourth-order valence-electron chi connectivity index (χ4n) is 1.64. The maximum Gasteiger partial charge on any atom is 0.379 e. The number of aryl methyl sites for hydroxylation is 1. The predicted molar refractivity (Wildman–Crippen MR) is 68.2 cm³/mol. The Morgan fingerprint density at radius 2 is 1.79 bits per heavy atom. The van der Waals surface area contributed by atoms with Crippen molar-refractivity contribution in [3.05, 3.63) is 34.4 Å². The van der Waals surface area contributed by atoms with Crippen LogP contribution in [0.4, 0.5) is 0 Å². The van der Waals surface area contributed by atoms with Crippen LogP contribution in [0.25, 0.3) is 0 Å². The van der Waals surface area contributed by atoms with E-state index in [9.17, 15) is 14.4 Å². The number of ketones is 1. The van der Waals surface area contributed by atoms with E-state index in [1.807, 2.05) is 0 Å². The van der Waals surface area contributed by atoms with Gasteiger partial charge >= 0.3 is 11.9 Å². The van der Waals surface area contributed by atoms with Crippen molar-refractivity contribution in [2.75, 3.05) is 13.7 Å². The standard InChI is InChI=1S/C14H16O5/c1-5-19-14(17)12(15)11-7-10(13(16)18-4)6-8(2)9(11)3/h6-7H,5H2,1-4H3. The zero-order chi connectivity index (χ0) is 14.6. The second-order valence-corrected chi connectivity index (χ2v) is 4.01. The Morgan fingerprint density at radius 3 is 2.32 bits per heavy atom. The van der Waals surface area contributed by atoms with E-state index in [0.717, 1.165) is 5.56 Å². The number of carbonyl (C=O) groups excluding carboxylic acids is 3. The topological polar surface area (TPSA) is 69.7 Å². The van der Waals surface area contributed by atoms with Gasteiger partial charge in [0.15, 0.2) is 0 Å². The maximum atomic E-state index is 11.9. The van der Waals surface area contributed by atoms with Gasteiger partial charge in [0, 0.05) is 5.56 Å². The lowest BCUT2D eigenvalue weighted by Gasteiger charge is -2.10. The first-order chi connectivity index (χ1) is 8.92. The summed E-state index contributed by atoms with van der Waals surface area (Å²) in [5.74, 6) is -2.23. The second kappa shape index (κ2) is 6.13. The lowest BCUT2D eigenvalue weighted by Crippen LogP contribution is -2.19. The zero-order valence-electron chi connectivity index (χ0n) is 11.4. The summed E-state index contributed by atoms with van der Waals surface area (Å²) in [5, 5.41) is 0. The average Bonchev–Trinajstić information content (AvgIpc) is 2.40. The molecule has 0 heterocycles. The number of ether oxygens (including phenoxy) is 2. The predicted octanol–water partition coefficient (Wildman–Crippen LogP) is 1.84. The molecule has 0 aliphatic carbocycles. The molecule has 0 aliphatic rings. The van der Waals surface area contributed by atoms with Crippen LogP contribution >= 0.6 is 0 Å². The van der Waals surface area contributed by atoms with Crippen LogP contribution in [-0.4, -0.2) is 31.4 Å². The van der Waals surface area contributed by atoms with E-state index in [4.69, 9.17) is 0 Å². The Labute approximate surface area is 111 Å². The Hall–Kier alpha value is -2.17. The molecule has 19 heavy (non-hydrogen) atoms. The van der Waals surface area contributed by atoms with Crippen molar-refractivity contribution in [2.45, 2.75) is 20.8 Å². The van der Waals surface area contributed by atoms with Gasteiger partial charge in [0.05, 0.1) is 19.3 Å². The molecule has 0 N–H and O–H groups in total. The summed E-state index contributed by atoms with van der Waals surface area (Å²) in [6.45, 7) is 5.21. The van der Waals surface area contributed by atoms with Gasteiger partial charge in [0.2, 0.25) is 0 Å². The number of esters is 2. The summed E-state index contributed by atoms with van der Waals surface area (Å²) in [5.41, 5.74) is 1.78. The highest BCUT2D eigenvalue weighted by Crippen LogP contribution is 2.18. The molecule has 0 bridgehead atoms. The van der Waals surface area contributed by atoms with Gasteiger partial charge in [-0.15, -0.1) is 0 Å². The van der Waals surface area contributed by atoms with E-state index in [1.54, 1.807) is 26.8 Å². The molecule has 0 spiro atoms. The van der Waals surface area contributed by atoms with Gasteiger partial charge in [-0.25, -0.2) is 9.59 Å². The number of methoxy groups -OCH3 is 1. The molecule has 5 nitrogen and oxygen atoms in total. The van der Waals surface area contributed by atoms with Gasteiger partial charge in [-0.1, -0.05) is 0 Å². The van der Waals surface area contributed by atoms with E-state index in [2.05, 4.69) is 9.47 Å². The molecule has 0 saturated heterocycles. The second-order valence-electron chi connectivity index (χ2n) is 4.01. The Kier molecular flexibility index (Phi) is 4.80. The van der Waals surface area contributed by atoms with Gasteiger partial charge in [-0.3, -0.25) is 4.79 Å². The number of rotatable bonds is 4. The van der Waals surface area contributed by atoms with Crippen molar-refractivity contribution in [1.29, 1.82) is 0 Å². The SMILES string of the molecule is CCOC(=O)C(=O)c1cc(C(=O)OC)cc(C)c1C. The highest BCUT2D eigenvalue weighted by Gasteiger charge is 2.22. The van der Waals surface area contributed by atoms with E-state index in [-0.39, 0.29) is 17.7 Å². The molecule has 0 radical (unpaired) electrons. The Bertz CT molecular complexity index is 531. The van der Waals surface area contributed by atoms with Crippen LogP contribution in [0.15, 0.2) is 12.1 Å². The summed E-state index contributed by atoms with van der Waals surface area (Å²) in [6, 6.07) is 2.97. The van der Waals surface area contributed by atoms with Crippen LogP contribution in [0, 0.1) is 13.8 Å². The first-order valence-corrected chi connectivity index (χ1v) is 5.83. The minimum Gasteiger partial charge on any atom is -0.465 e. The van der Waals surface area contributed by atoms with Gasteiger partial charge in [0.25, 0.3) is 5.78 Å². The normalized spacial score (nSPS) is 9.89. The molecule has 0 atom stereocenters. The zero-order valence-corrected chi connectivity index (χ0v) is 11.4. The maximum absolute atomic E-state index is 11.9. The fourth-order valence-corrected chi connectivity index (χ4v) is 1.64. The van der Waals surface area contributed by atoms with Crippen LogP contribution in [0.1, 0.15) is 38.8 Å². The summed E-state index contributed by atoms with van der Waals surface area (Å²) >= 11 is 0. The van der Waals surface area contributed by atoms with Gasteiger partial charge in [-0.2, -0.15) is 0 Å². The lowest BCUT2D eigenvalue weighted by molar-refractivity contribution is -0.137. The third kappa shape index (κ3) is 3.19. The first kappa shape index (κ1) is 14.9. The van der Waals surface area contributed by atoms with Crippen LogP contribution in [0.5, 0.6) is 0 Å². The molecular weight excluding hydrogens is 248 g/mol. The van der Waals surface area contributed by atoms with E-state index >= 15 is 0 Å². The highest BCUT2D eigenvalue weighted by molar-refractivity contribution is 6.41. The van der Waals surface area contributed by atoms with Crippen molar-refractivity contribution < 1.29 is 23.9 Å². The highest BCUT2D eigenvalue weighted by atomic mass is 16.5. The van der Waals surface area contributed by atoms with Crippen molar-refractivity contribution in [3.63, 3.8) is 0 Å². The fraction of sp³-hybridized carbons (Fsp3) is 0.357. The number of Topliss-reactive ketones (excluding diaryl/α,β-unsaturated/α-hetero) is 1. The molecule has 0 aliphatic heterocycles. The van der Waals surface area contributed by atoms with Crippen LogP contribution in [0.2, 0.25) is 0 Å². The number of hydrogen-bond donors (Lipinski definition) is 0. The van der Waals surface area contributed by atoms with Crippen LogP contribution in [0.3, 0.4) is 0 Å². The Balaban J connectivity index is 3.26. The minimum atomic E-state index is -0.924. The molecule has 0 amide bonds. The number of carbonyl (C=O) groups is 3. The average molecular weight is 264 g/mol. The smallest absolute Gasteiger partial charge is 0.379 e. The summed E-state index contributed by atoms with van der Waals surface area (Å²) in [4.78, 5) is 34.9.